The number of fused-ring (bicyclic) bond motifs is 1. The normalized spacial score (nSPS) is 12.3. The van der Waals surface area contributed by atoms with Gasteiger partial charge in [0.05, 0.1) is 6.61 Å². The average molecular weight is 206 g/mol. The van der Waals surface area contributed by atoms with Crippen LogP contribution in [-0.4, -0.2) is 24.7 Å². The van der Waals surface area contributed by atoms with E-state index >= 15 is 0 Å². The standard InChI is InChI=1S/C10H14N4O/c1-10(2,3)8-12-9-11-4-7(6-15)5-14(9)13-8/h4-5,15H,6H2,1-3H3. The molecule has 2 rings (SSSR count). The SMILES string of the molecule is CC(C)(C)c1nc2ncc(CO)cn2n1. The van der Waals surface area contributed by atoms with Crippen LogP contribution < -0.4 is 0 Å². The molecule has 0 aliphatic carbocycles. The van der Waals surface area contributed by atoms with Crippen molar-refractivity contribution in [2.45, 2.75) is 32.8 Å². The Hall–Kier alpha value is -1.49. The molecule has 0 amide bonds. The number of aromatic nitrogens is 4. The van der Waals surface area contributed by atoms with E-state index < -0.39 is 0 Å². The molecule has 0 saturated carbocycles. The van der Waals surface area contributed by atoms with E-state index in [2.05, 4.69) is 35.8 Å². The van der Waals surface area contributed by atoms with Crippen LogP contribution in [0.3, 0.4) is 0 Å². The Kier molecular flexibility index (Phi) is 2.19. The Morgan fingerprint density at radius 3 is 2.73 bits per heavy atom. The van der Waals surface area contributed by atoms with Gasteiger partial charge < -0.3 is 5.11 Å². The third kappa shape index (κ3) is 1.83. The largest absolute Gasteiger partial charge is 0.392 e. The van der Waals surface area contributed by atoms with E-state index in [1.165, 1.54) is 0 Å². The van der Waals surface area contributed by atoms with Gasteiger partial charge in [0.2, 0.25) is 0 Å². The Morgan fingerprint density at radius 2 is 2.13 bits per heavy atom. The molecule has 0 bridgehead atoms. The molecule has 0 fully saturated rings. The molecule has 0 spiro atoms. The third-order valence-corrected chi connectivity index (χ3v) is 2.10. The Balaban J connectivity index is 2.56. The molecule has 0 radical (unpaired) electrons. The summed E-state index contributed by atoms with van der Waals surface area (Å²) in [4.78, 5) is 8.43. The summed E-state index contributed by atoms with van der Waals surface area (Å²) in [6, 6.07) is 0. The van der Waals surface area contributed by atoms with Crippen molar-refractivity contribution >= 4 is 5.78 Å². The molecule has 2 aromatic rings. The second-order valence-corrected chi connectivity index (χ2v) is 4.55. The molecule has 0 aromatic carbocycles. The van der Waals surface area contributed by atoms with Crippen molar-refractivity contribution in [2.75, 3.05) is 0 Å². The molecule has 1 N–H and O–H groups in total. The van der Waals surface area contributed by atoms with Crippen molar-refractivity contribution in [2.24, 2.45) is 0 Å². The number of nitrogens with zero attached hydrogens (tertiary/aromatic N) is 4. The van der Waals surface area contributed by atoms with Crippen LogP contribution in [0, 0.1) is 0 Å². The van der Waals surface area contributed by atoms with Gasteiger partial charge in [0, 0.05) is 23.4 Å². The summed E-state index contributed by atoms with van der Waals surface area (Å²) in [5.41, 5.74) is 0.639. The minimum atomic E-state index is -0.0902. The Bertz CT molecular complexity index is 484. The van der Waals surface area contributed by atoms with E-state index in [0.29, 0.717) is 5.78 Å². The van der Waals surface area contributed by atoms with Crippen molar-refractivity contribution in [3.8, 4) is 0 Å². The van der Waals surface area contributed by atoms with Gasteiger partial charge >= 0.3 is 0 Å². The van der Waals surface area contributed by atoms with Crippen molar-refractivity contribution < 1.29 is 5.11 Å². The first kappa shape index (κ1) is 10.0. The first-order valence-electron chi connectivity index (χ1n) is 4.83. The zero-order chi connectivity index (χ0) is 11.1. The van der Waals surface area contributed by atoms with Crippen LogP contribution in [-0.2, 0) is 12.0 Å². The average Bonchev–Trinajstić information content (AvgIpc) is 2.59. The molecule has 80 valence electrons. The van der Waals surface area contributed by atoms with E-state index in [1.807, 2.05) is 0 Å². The van der Waals surface area contributed by atoms with Crippen LogP contribution in [0.15, 0.2) is 12.4 Å². The highest BCUT2D eigenvalue weighted by atomic mass is 16.3. The lowest BCUT2D eigenvalue weighted by Crippen LogP contribution is -2.13. The second kappa shape index (κ2) is 3.27. The van der Waals surface area contributed by atoms with E-state index in [9.17, 15) is 0 Å². The molecule has 0 aliphatic rings. The molecule has 5 heteroatoms. The lowest BCUT2D eigenvalue weighted by atomic mass is 9.96. The summed E-state index contributed by atoms with van der Waals surface area (Å²) >= 11 is 0. The molecule has 0 atom stereocenters. The molecule has 2 aromatic heterocycles. The lowest BCUT2D eigenvalue weighted by Gasteiger charge is -2.11. The topological polar surface area (TPSA) is 63.3 Å². The van der Waals surface area contributed by atoms with E-state index in [-0.39, 0.29) is 12.0 Å². The van der Waals surface area contributed by atoms with Crippen LogP contribution in [0.1, 0.15) is 32.2 Å². The van der Waals surface area contributed by atoms with E-state index in [0.717, 1.165) is 11.4 Å². The fourth-order valence-corrected chi connectivity index (χ4v) is 1.22. The van der Waals surface area contributed by atoms with Crippen molar-refractivity contribution in [1.82, 2.24) is 19.6 Å². The minimum Gasteiger partial charge on any atom is -0.392 e. The molecule has 15 heavy (non-hydrogen) atoms. The fraction of sp³-hybridized carbons (Fsp3) is 0.500. The minimum absolute atomic E-state index is 0.0341. The van der Waals surface area contributed by atoms with Gasteiger partial charge in [0.25, 0.3) is 5.78 Å². The smallest absolute Gasteiger partial charge is 0.252 e. The Labute approximate surface area is 87.8 Å². The van der Waals surface area contributed by atoms with Gasteiger partial charge in [0.1, 0.15) is 0 Å². The number of rotatable bonds is 1. The first-order valence-corrected chi connectivity index (χ1v) is 4.83. The van der Waals surface area contributed by atoms with E-state index in [4.69, 9.17) is 5.11 Å². The van der Waals surface area contributed by atoms with Crippen LogP contribution in [0.4, 0.5) is 0 Å². The predicted molar refractivity (Wildman–Crippen MR) is 55.4 cm³/mol. The first-order chi connectivity index (χ1) is 7.00. The van der Waals surface area contributed by atoms with Gasteiger partial charge in [0.15, 0.2) is 5.82 Å². The summed E-state index contributed by atoms with van der Waals surface area (Å²) in [6.07, 6.45) is 3.35. The van der Waals surface area contributed by atoms with Crippen molar-refractivity contribution in [3.63, 3.8) is 0 Å². The van der Waals surface area contributed by atoms with Crippen LogP contribution in [0.2, 0.25) is 0 Å². The highest BCUT2D eigenvalue weighted by Gasteiger charge is 2.19. The maximum absolute atomic E-state index is 8.96. The highest BCUT2D eigenvalue weighted by molar-refractivity contribution is 5.28. The maximum Gasteiger partial charge on any atom is 0.252 e. The van der Waals surface area contributed by atoms with Crippen LogP contribution >= 0.6 is 0 Å². The van der Waals surface area contributed by atoms with Gasteiger partial charge in [-0.2, -0.15) is 4.98 Å². The number of hydrogen-bond donors (Lipinski definition) is 1. The second-order valence-electron chi connectivity index (χ2n) is 4.55. The molecular formula is C10H14N4O. The summed E-state index contributed by atoms with van der Waals surface area (Å²) < 4.78 is 1.60. The molecule has 5 nitrogen and oxygen atoms in total. The number of aliphatic hydroxyl groups excluding tert-OH is 1. The summed E-state index contributed by atoms with van der Waals surface area (Å²) in [6.45, 7) is 6.12. The lowest BCUT2D eigenvalue weighted by molar-refractivity contribution is 0.280. The maximum atomic E-state index is 8.96. The van der Waals surface area contributed by atoms with Gasteiger partial charge in [-0.1, -0.05) is 20.8 Å². The van der Waals surface area contributed by atoms with Crippen molar-refractivity contribution in [3.05, 3.63) is 23.8 Å². The zero-order valence-electron chi connectivity index (χ0n) is 9.10. The van der Waals surface area contributed by atoms with Gasteiger partial charge in [-0.3, -0.25) is 0 Å². The molecule has 0 unspecified atom stereocenters. The number of hydrogen-bond acceptors (Lipinski definition) is 4. The van der Waals surface area contributed by atoms with Crippen LogP contribution in [0.25, 0.3) is 5.78 Å². The Morgan fingerprint density at radius 1 is 1.40 bits per heavy atom. The van der Waals surface area contributed by atoms with Crippen LogP contribution in [0.5, 0.6) is 0 Å². The zero-order valence-corrected chi connectivity index (χ0v) is 9.10. The number of aliphatic hydroxyl groups is 1. The predicted octanol–water partition coefficient (Wildman–Crippen LogP) is 0.914. The molecule has 2 heterocycles. The highest BCUT2D eigenvalue weighted by Crippen LogP contribution is 2.18. The third-order valence-electron chi connectivity index (χ3n) is 2.10. The summed E-state index contributed by atoms with van der Waals surface area (Å²) in [7, 11) is 0. The summed E-state index contributed by atoms with van der Waals surface area (Å²) in [5.74, 6) is 1.32. The molecule has 0 aliphatic heterocycles. The summed E-state index contributed by atoms with van der Waals surface area (Å²) in [5, 5.41) is 13.3. The van der Waals surface area contributed by atoms with E-state index in [1.54, 1.807) is 16.9 Å². The van der Waals surface area contributed by atoms with Crippen molar-refractivity contribution in [1.29, 1.82) is 0 Å². The molecule has 0 saturated heterocycles. The quantitative estimate of drug-likeness (QED) is 0.753. The van der Waals surface area contributed by atoms with Gasteiger partial charge in [-0.25, -0.2) is 9.50 Å². The van der Waals surface area contributed by atoms with Gasteiger partial charge in [-0.05, 0) is 0 Å². The monoisotopic (exact) mass is 206 g/mol. The fourth-order valence-electron chi connectivity index (χ4n) is 1.22. The molecular weight excluding hydrogens is 192 g/mol. The van der Waals surface area contributed by atoms with Gasteiger partial charge in [-0.15, -0.1) is 5.10 Å².